The normalized spacial score (nSPS) is 15.1. The third kappa shape index (κ3) is 7.29. The minimum Gasteiger partial charge on any atom is -0.442 e. The summed E-state index contributed by atoms with van der Waals surface area (Å²) in [5.41, 5.74) is 0.349. The highest BCUT2D eigenvalue weighted by Gasteiger charge is 2.32. The van der Waals surface area contributed by atoms with Crippen LogP contribution < -0.4 is 20.4 Å². The van der Waals surface area contributed by atoms with Gasteiger partial charge in [-0.3, -0.25) is 15.1 Å². The number of carbonyl (C=O) groups excluding carboxylic acids is 3. The molecule has 0 bridgehead atoms. The molecule has 0 saturated carbocycles. The molecule has 1 heterocycles. The molecule has 0 spiro atoms. The number of hydrogen-bond donors (Lipinski definition) is 5. The molecule has 1 aliphatic rings. The summed E-state index contributed by atoms with van der Waals surface area (Å²) >= 11 is 0. The van der Waals surface area contributed by atoms with Gasteiger partial charge in [0, 0.05) is 33.1 Å². The zero-order valence-corrected chi connectivity index (χ0v) is 18.3. The molecule has 1 aromatic rings. The van der Waals surface area contributed by atoms with Crippen LogP contribution in [0.25, 0.3) is 0 Å². The van der Waals surface area contributed by atoms with Crippen molar-refractivity contribution < 1.29 is 33.7 Å². The van der Waals surface area contributed by atoms with Crippen LogP contribution in [0, 0.1) is 11.2 Å². The van der Waals surface area contributed by atoms with Gasteiger partial charge in [0.25, 0.3) is 0 Å². The third-order valence-corrected chi connectivity index (χ3v) is 4.82. The van der Waals surface area contributed by atoms with Crippen molar-refractivity contribution in [2.24, 2.45) is 0 Å². The molecule has 0 radical (unpaired) electrons. The minimum atomic E-state index is -0.678. The van der Waals surface area contributed by atoms with Crippen molar-refractivity contribution in [1.82, 2.24) is 15.5 Å². The molecule has 2 rings (SSSR count). The molecule has 1 atom stereocenters. The second-order valence-electron chi connectivity index (χ2n) is 7.18. The first kappa shape index (κ1) is 25.8. The molecule has 4 amide bonds. The minimum absolute atomic E-state index is 0.0569. The van der Waals surface area contributed by atoms with Crippen molar-refractivity contribution in [2.75, 3.05) is 62.3 Å². The van der Waals surface area contributed by atoms with Gasteiger partial charge in [-0.2, -0.15) is 0 Å². The number of rotatable bonds is 12. The van der Waals surface area contributed by atoms with Crippen LogP contribution in [0.5, 0.6) is 0 Å². The molecule has 33 heavy (non-hydrogen) atoms. The second-order valence-corrected chi connectivity index (χ2v) is 7.18. The Morgan fingerprint density at radius 2 is 1.97 bits per heavy atom. The summed E-state index contributed by atoms with van der Waals surface area (Å²) in [4.78, 5) is 39.0. The fraction of sp³-hybridized carbons (Fsp3) is 0.500. The van der Waals surface area contributed by atoms with Crippen LogP contribution in [-0.4, -0.2) is 98.1 Å². The number of amides is 4. The number of carbonyl (C=O) groups is 3. The number of ether oxygens (including phenoxy) is 1. The van der Waals surface area contributed by atoms with Gasteiger partial charge in [-0.15, -0.1) is 0 Å². The summed E-state index contributed by atoms with van der Waals surface area (Å²) in [7, 11) is 0. The van der Waals surface area contributed by atoms with Gasteiger partial charge in [0.05, 0.1) is 44.0 Å². The van der Waals surface area contributed by atoms with E-state index in [4.69, 9.17) is 20.4 Å². The van der Waals surface area contributed by atoms with E-state index in [0.29, 0.717) is 0 Å². The molecular formula is C20H29FN6O6. The van der Waals surface area contributed by atoms with Gasteiger partial charge in [0.2, 0.25) is 5.91 Å². The molecule has 1 fully saturated rings. The van der Waals surface area contributed by atoms with Crippen LogP contribution >= 0.6 is 0 Å². The molecule has 182 valence electrons. The van der Waals surface area contributed by atoms with Crippen LogP contribution in [-0.2, 0) is 9.53 Å². The van der Waals surface area contributed by atoms with Crippen LogP contribution in [0.4, 0.5) is 25.4 Å². The number of benzene rings is 1. The first-order valence-electron chi connectivity index (χ1n) is 10.3. The summed E-state index contributed by atoms with van der Waals surface area (Å²) in [6.07, 6.45) is -0.293. The van der Waals surface area contributed by atoms with Gasteiger partial charge in [-0.05, 0) is 18.2 Å². The summed E-state index contributed by atoms with van der Waals surface area (Å²) in [5, 5.41) is 30.7. The van der Waals surface area contributed by atoms with E-state index in [1.165, 1.54) is 33.8 Å². The Morgan fingerprint density at radius 3 is 2.55 bits per heavy atom. The average molecular weight is 468 g/mol. The maximum atomic E-state index is 14.8. The van der Waals surface area contributed by atoms with Crippen LogP contribution in [0.3, 0.4) is 0 Å². The lowest BCUT2D eigenvalue weighted by atomic mass is 10.2. The quantitative estimate of drug-likeness (QED) is 0.208. The summed E-state index contributed by atoms with van der Waals surface area (Å²) in [6.45, 7) is 1.42. The molecular weight excluding hydrogens is 439 g/mol. The van der Waals surface area contributed by atoms with E-state index < -0.39 is 24.0 Å². The molecule has 1 saturated heterocycles. The van der Waals surface area contributed by atoms with E-state index in [-0.39, 0.29) is 69.8 Å². The Kier molecular flexibility index (Phi) is 9.82. The van der Waals surface area contributed by atoms with Crippen LogP contribution in [0.1, 0.15) is 6.92 Å². The Labute approximate surface area is 190 Å². The number of hydrogen-bond acceptors (Lipinski definition) is 7. The highest BCUT2D eigenvalue weighted by Crippen LogP contribution is 2.27. The number of nitrogens with one attached hydrogen (secondary N) is 3. The lowest BCUT2D eigenvalue weighted by Gasteiger charge is -2.24. The van der Waals surface area contributed by atoms with Crippen molar-refractivity contribution in [3.8, 4) is 0 Å². The monoisotopic (exact) mass is 468 g/mol. The van der Waals surface area contributed by atoms with E-state index in [0.717, 1.165) is 12.4 Å². The zero-order chi connectivity index (χ0) is 24.4. The molecule has 1 aliphatic heterocycles. The topological polar surface area (TPSA) is 159 Å². The number of aliphatic hydroxyl groups is 2. The number of urea groups is 1. The van der Waals surface area contributed by atoms with Gasteiger partial charge < -0.3 is 35.4 Å². The van der Waals surface area contributed by atoms with Gasteiger partial charge >= 0.3 is 12.1 Å². The van der Waals surface area contributed by atoms with Crippen molar-refractivity contribution in [2.45, 2.75) is 13.0 Å². The molecule has 1 unspecified atom stereocenters. The fourth-order valence-corrected chi connectivity index (χ4v) is 3.20. The number of cyclic esters (lactones) is 1. The van der Waals surface area contributed by atoms with E-state index >= 15 is 0 Å². The number of nitrogens with zero attached hydrogens (tertiary/aromatic N) is 3. The van der Waals surface area contributed by atoms with Crippen molar-refractivity contribution in [1.29, 1.82) is 5.41 Å². The Hall–Kier alpha value is -3.45. The summed E-state index contributed by atoms with van der Waals surface area (Å²) in [6, 6.07) is 3.58. The molecule has 13 heteroatoms. The predicted molar refractivity (Wildman–Crippen MR) is 118 cm³/mol. The second kappa shape index (κ2) is 12.6. The maximum Gasteiger partial charge on any atom is 0.414 e. The van der Waals surface area contributed by atoms with E-state index in [1.54, 1.807) is 0 Å². The predicted octanol–water partition coefficient (Wildman–Crippen LogP) is -0.303. The molecule has 1 aromatic carbocycles. The SMILES string of the molecule is CC(=O)NCC1CN(c2ccc(N(C=N)CCNC(=O)N(CCO)CCO)c(F)c2)C(=O)O1. The fourth-order valence-electron chi connectivity index (χ4n) is 3.20. The number of anilines is 2. The van der Waals surface area contributed by atoms with E-state index in [9.17, 15) is 18.8 Å². The van der Waals surface area contributed by atoms with E-state index in [1.807, 2.05) is 0 Å². The van der Waals surface area contributed by atoms with Gasteiger partial charge in [-0.25, -0.2) is 14.0 Å². The number of aliphatic hydroxyl groups excluding tert-OH is 2. The Bertz CT molecular complexity index is 850. The first-order chi connectivity index (χ1) is 15.8. The van der Waals surface area contributed by atoms with Crippen LogP contribution in [0.15, 0.2) is 18.2 Å². The number of halogens is 1. The van der Waals surface area contributed by atoms with Gasteiger partial charge in [0.1, 0.15) is 11.9 Å². The smallest absolute Gasteiger partial charge is 0.414 e. The largest absolute Gasteiger partial charge is 0.442 e. The average Bonchev–Trinajstić information content (AvgIpc) is 3.16. The van der Waals surface area contributed by atoms with Gasteiger partial charge in [0.15, 0.2) is 0 Å². The highest BCUT2D eigenvalue weighted by atomic mass is 19.1. The Morgan fingerprint density at radius 1 is 1.27 bits per heavy atom. The highest BCUT2D eigenvalue weighted by molar-refractivity contribution is 5.90. The van der Waals surface area contributed by atoms with Gasteiger partial charge in [-0.1, -0.05) is 0 Å². The first-order valence-corrected chi connectivity index (χ1v) is 10.3. The molecule has 0 aromatic heterocycles. The van der Waals surface area contributed by atoms with Crippen molar-refractivity contribution in [3.05, 3.63) is 24.0 Å². The molecule has 0 aliphatic carbocycles. The third-order valence-electron chi connectivity index (χ3n) is 4.82. The summed E-state index contributed by atoms with van der Waals surface area (Å²) in [5.74, 6) is -0.931. The molecule has 5 N–H and O–H groups in total. The lowest BCUT2D eigenvalue weighted by Crippen LogP contribution is -2.45. The Balaban J connectivity index is 1.98. The van der Waals surface area contributed by atoms with Crippen molar-refractivity contribution >= 4 is 35.7 Å². The van der Waals surface area contributed by atoms with Crippen LogP contribution in [0.2, 0.25) is 0 Å². The maximum absolute atomic E-state index is 14.8. The summed E-state index contributed by atoms with van der Waals surface area (Å²) < 4.78 is 20.0. The lowest BCUT2D eigenvalue weighted by molar-refractivity contribution is -0.119. The van der Waals surface area contributed by atoms with E-state index in [2.05, 4.69) is 10.6 Å². The van der Waals surface area contributed by atoms with Crippen molar-refractivity contribution in [3.63, 3.8) is 0 Å². The standard InChI is InChI=1S/C20H29FN6O6/c1-14(30)24-11-16-12-27(20(32)33-16)15-2-3-18(17(21)10-15)26(13-22)5-4-23-19(31)25(6-8-28)7-9-29/h2-3,10,13,16,22,28-29H,4-9,11-12H2,1H3,(H,23,31)(H,24,30). The molecule has 12 nitrogen and oxygen atoms in total. The zero-order valence-electron chi connectivity index (χ0n) is 18.3.